The van der Waals surface area contributed by atoms with Crippen molar-refractivity contribution in [1.29, 1.82) is 0 Å². The summed E-state index contributed by atoms with van der Waals surface area (Å²) in [6, 6.07) is 3.67. The second-order valence-corrected chi connectivity index (χ2v) is 0.793. The first-order valence-corrected chi connectivity index (χ1v) is 1.47. The van der Waals surface area contributed by atoms with E-state index in [-0.39, 0.29) is 18.6 Å². The van der Waals surface area contributed by atoms with Crippen LogP contribution in [0.3, 0.4) is 0 Å². The van der Waals surface area contributed by atoms with E-state index < -0.39 is 0 Å². The molecule has 1 heterocycles. The Balaban J connectivity index is 0.000000250. The molecule has 0 spiro atoms. The fourth-order valence-corrected chi connectivity index (χ4v) is 0.227. The average molecular weight is 119 g/mol. The van der Waals surface area contributed by atoms with Crippen LogP contribution in [0.1, 0.15) is 0 Å². The maximum Gasteiger partial charge on any atom is 0.0902 e. The first-order valence-electron chi connectivity index (χ1n) is 1.47. The van der Waals surface area contributed by atoms with E-state index in [2.05, 4.69) is 4.42 Å². The third-order valence-corrected chi connectivity index (χ3v) is 0.425. The van der Waals surface area contributed by atoms with Crippen molar-refractivity contribution in [2.75, 3.05) is 0 Å². The minimum Gasteiger partial charge on any atom is -0.473 e. The van der Waals surface area contributed by atoms with Gasteiger partial charge in [0.05, 0.1) is 12.5 Å². The number of furan rings is 1. The smallest absolute Gasteiger partial charge is 0.0902 e. The monoisotopic (exact) mass is 119 g/mol. The molecule has 0 N–H and O–H groups in total. The molecule has 0 bridgehead atoms. The van der Waals surface area contributed by atoms with Crippen molar-refractivity contribution in [3.63, 3.8) is 0 Å². The normalized spacial score (nSPS) is 6.67. The molecule has 1 aromatic heterocycles. The molecule has 0 aliphatic heterocycles. The number of hydrogen-bond acceptors (Lipinski definition) is 1. The van der Waals surface area contributed by atoms with Crippen LogP contribution in [0, 0.1) is 0 Å². The Bertz CT molecular complexity index is 64.0. The summed E-state index contributed by atoms with van der Waals surface area (Å²) in [6.07, 6.45) is 3.25. The van der Waals surface area contributed by atoms with Gasteiger partial charge < -0.3 is 4.42 Å². The van der Waals surface area contributed by atoms with Gasteiger partial charge in [-0.3, -0.25) is 0 Å². The summed E-state index contributed by atoms with van der Waals surface area (Å²) in [4.78, 5) is 0. The van der Waals surface area contributed by atoms with E-state index in [1.807, 2.05) is 12.1 Å². The zero-order chi connectivity index (χ0) is 3.54. The van der Waals surface area contributed by atoms with E-state index in [4.69, 9.17) is 0 Å². The molecule has 0 aliphatic rings. The first-order chi connectivity index (χ1) is 2.50. The summed E-state index contributed by atoms with van der Waals surface area (Å²) in [5.41, 5.74) is 0. The predicted molar refractivity (Wildman–Crippen MR) is 18.7 cm³/mol. The first kappa shape index (κ1) is 5.86. The van der Waals surface area contributed by atoms with Crippen molar-refractivity contribution in [3.8, 4) is 0 Å². The van der Waals surface area contributed by atoms with Gasteiger partial charge in [0.2, 0.25) is 0 Å². The fraction of sp³-hybridized carbons (Fsp3) is 0. The third kappa shape index (κ3) is 1.34. The van der Waals surface area contributed by atoms with Crippen LogP contribution in [0.5, 0.6) is 0 Å². The van der Waals surface area contributed by atoms with E-state index in [1.165, 1.54) is 0 Å². The summed E-state index contributed by atoms with van der Waals surface area (Å²) in [6.45, 7) is 0. The van der Waals surface area contributed by atoms with E-state index in [0.29, 0.717) is 0 Å². The molecule has 0 saturated carbocycles. The van der Waals surface area contributed by atoms with Gasteiger partial charge in [0.25, 0.3) is 0 Å². The molecule has 1 rings (SSSR count). The molecule has 0 unspecified atom stereocenters. The van der Waals surface area contributed by atoms with Gasteiger partial charge in [-0.05, 0) is 12.1 Å². The topological polar surface area (TPSA) is 13.1 Å². The van der Waals surface area contributed by atoms with Crippen LogP contribution in [0.2, 0.25) is 0 Å². The number of hydrogen-bond donors (Lipinski definition) is 0. The molecular formula is C4H4OV. The second kappa shape index (κ2) is 3.07. The Hall–Kier alpha value is -0.136. The van der Waals surface area contributed by atoms with Gasteiger partial charge in [-0.1, -0.05) is 0 Å². The zero-order valence-electron chi connectivity index (χ0n) is 3.16. The summed E-state index contributed by atoms with van der Waals surface area (Å²) < 4.78 is 4.58. The van der Waals surface area contributed by atoms with Crippen LogP contribution in [0.25, 0.3) is 0 Å². The molecule has 6 heavy (non-hydrogen) atoms. The van der Waals surface area contributed by atoms with Crippen molar-refractivity contribution in [1.82, 2.24) is 0 Å². The van der Waals surface area contributed by atoms with Gasteiger partial charge >= 0.3 is 0 Å². The SMILES string of the molecule is [V].c1ccoc1. The van der Waals surface area contributed by atoms with Gasteiger partial charge in [0.1, 0.15) is 0 Å². The molecule has 2 heteroatoms. The van der Waals surface area contributed by atoms with Crippen LogP contribution in [0.4, 0.5) is 0 Å². The maximum atomic E-state index is 4.58. The molecular weight excluding hydrogens is 115 g/mol. The summed E-state index contributed by atoms with van der Waals surface area (Å²) in [7, 11) is 0. The zero-order valence-corrected chi connectivity index (χ0v) is 4.56. The molecule has 1 aromatic rings. The molecule has 0 aromatic carbocycles. The van der Waals surface area contributed by atoms with Crippen molar-refractivity contribution in [2.45, 2.75) is 0 Å². The van der Waals surface area contributed by atoms with Crippen LogP contribution in [-0.4, -0.2) is 0 Å². The average Bonchev–Trinajstić information content (AvgIpc) is 1.76. The Morgan fingerprint density at radius 3 is 1.67 bits per heavy atom. The molecule has 0 saturated heterocycles. The van der Waals surface area contributed by atoms with Gasteiger partial charge in [-0.15, -0.1) is 0 Å². The van der Waals surface area contributed by atoms with Gasteiger partial charge in [-0.25, -0.2) is 0 Å². The van der Waals surface area contributed by atoms with Crippen molar-refractivity contribution in [2.24, 2.45) is 0 Å². The standard InChI is InChI=1S/C4H4O.V/c1-2-4-5-3-1;/h1-4H;. The molecule has 0 aliphatic carbocycles. The van der Waals surface area contributed by atoms with Crippen LogP contribution in [0.15, 0.2) is 29.1 Å². The van der Waals surface area contributed by atoms with Crippen molar-refractivity contribution < 1.29 is 23.0 Å². The molecule has 1 nitrogen and oxygen atoms in total. The van der Waals surface area contributed by atoms with E-state index in [1.54, 1.807) is 12.5 Å². The Kier molecular flexibility index (Phi) is 3.00. The van der Waals surface area contributed by atoms with Crippen LogP contribution < -0.4 is 0 Å². The quantitative estimate of drug-likeness (QED) is 0.501. The second-order valence-electron chi connectivity index (χ2n) is 0.793. The van der Waals surface area contributed by atoms with E-state index in [0.717, 1.165) is 0 Å². The minimum atomic E-state index is 0. The molecule has 31 valence electrons. The molecule has 0 atom stereocenters. The van der Waals surface area contributed by atoms with Gasteiger partial charge in [0, 0.05) is 18.6 Å². The van der Waals surface area contributed by atoms with Crippen LogP contribution in [-0.2, 0) is 18.6 Å². The van der Waals surface area contributed by atoms with Crippen LogP contribution >= 0.6 is 0 Å². The Morgan fingerprint density at radius 1 is 1.00 bits per heavy atom. The minimum absolute atomic E-state index is 0. The van der Waals surface area contributed by atoms with Gasteiger partial charge in [-0.2, -0.15) is 0 Å². The van der Waals surface area contributed by atoms with Crippen molar-refractivity contribution >= 4 is 0 Å². The summed E-state index contributed by atoms with van der Waals surface area (Å²) >= 11 is 0. The molecule has 0 fully saturated rings. The largest absolute Gasteiger partial charge is 0.473 e. The Labute approximate surface area is 48.2 Å². The Morgan fingerprint density at radius 2 is 1.50 bits per heavy atom. The van der Waals surface area contributed by atoms with E-state index in [9.17, 15) is 0 Å². The maximum absolute atomic E-state index is 4.58. The summed E-state index contributed by atoms with van der Waals surface area (Å²) in [5.74, 6) is 0. The van der Waals surface area contributed by atoms with E-state index >= 15 is 0 Å². The van der Waals surface area contributed by atoms with Gasteiger partial charge in [0.15, 0.2) is 0 Å². The molecule has 0 amide bonds. The van der Waals surface area contributed by atoms with Crippen molar-refractivity contribution in [3.05, 3.63) is 24.7 Å². The predicted octanol–water partition coefficient (Wildman–Crippen LogP) is 1.28. The third-order valence-electron chi connectivity index (χ3n) is 0.425. The molecule has 1 radical (unpaired) electrons. The number of rotatable bonds is 0. The summed E-state index contributed by atoms with van der Waals surface area (Å²) in [5, 5.41) is 0. The fourth-order valence-electron chi connectivity index (χ4n) is 0.227.